The van der Waals surface area contributed by atoms with Gasteiger partial charge in [0.05, 0.1) is 19.1 Å². The summed E-state index contributed by atoms with van der Waals surface area (Å²) in [4.78, 5) is 61.2. The first-order valence-electron chi connectivity index (χ1n) is 11.1. The van der Waals surface area contributed by atoms with Gasteiger partial charge in [-0.3, -0.25) is 24.0 Å². The fourth-order valence-corrected chi connectivity index (χ4v) is 3.49. The van der Waals surface area contributed by atoms with Crippen molar-refractivity contribution in [1.29, 1.82) is 0 Å². The van der Waals surface area contributed by atoms with E-state index in [1.54, 1.807) is 13.8 Å². The van der Waals surface area contributed by atoms with Crippen molar-refractivity contribution in [2.24, 2.45) is 11.8 Å². The molecule has 1 saturated heterocycles. The van der Waals surface area contributed by atoms with E-state index >= 15 is 0 Å². The summed E-state index contributed by atoms with van der Waals surface area (Å²) in [5.41, 5.74) is 0. The van der Waals surface area contributed by atoms with Crippen molar-refractivity contribution < 1.29 is 57.1 Å². The van der Waals surface area contributed by atoms with E-state index in [0.29, 0.717) is 12.8 Å². The molecule has 1 aliphatic heterocycles. The quantitative estimate of drug-likeness (QED) is 0.217. The zero-order chi connectivity index (χ0) is 25.8. The van der Waals surface area contributed by atoms with E-state index in [-0.39, 0.29) is 19.8 Å². The van der Waals surface area contributed by atoms with Crippen molar-refractivity contribution in [3.63, 3.8) is 0 Å². The van der Waals surface area contributed by atoms with Crippen LogP contribution >= 0.6 is 0 Å². The predicted molar refractivity (Wildman–Crippen MR) is 113 cm³/mol. The Morgan fingerprint density at radius 1 is 0.765 bits per heavy atom. The standard InChI is InChI=1S/C22H34O12/c1-7-9-29-20(26)17(21(27)30-10-8-2)16-19(33-14(5)25)18(32-13(4)24)15(11-31-12(3)23)34-22(16)28-6/h15-19,22H,7-11H2,1-6H3/t15-,16+,18-,19-,22+/m1/s1. The summed E-state index contributed by atoms with van der Waals surface area (Å²) in [5, 5.41) is 0. The maximum Gasteiger partial charge on any atom is 0.320 e. The van der Waals surface area contributed by atoms with Crippen LogP contribution < -0.4 is 0 Å². The first-order chi connectivity index (χ1) is 16.1. The largest absolute Gasteiger partial charge is 0.465 e. The fourth-order valence-electron chi connectivity index (χ4n) is 3.49. The summed E-state index contributed by atoms with van der Waals surface area (Å²) in [6, 6.07) is 0. The molecule has 0 bridgehead atoms. The molecule has 0 aromatic rings. The molecule has 0 aromatic carbocycles. The number of carbonyl (C=O) groups excluding carboxylic acids is 5. The van der Waals surface area contributed by atoms with Crippen LogP contribution in [0.5, 0.6) is 0 Å². The van der Waals surface area contributed by atoms with Gasteiger partial charge >= 0.3 is 29.8 Å². The van der Waals surface area contributed by atoms with Gasteiger partial charge in [0.1, 0.15) is 12.7 Å². The highest BCUT2D eigenvalue weighted by Gasteiger charge is 2.57. The molecular formula is C22H34O12. The Bertz CT molecular complexity index is 701. The molecule has 1 fully saturated rings. The van der Waals surface area contributed by atoms with Gasteiger partial charge in [-0.1, -0.05) is 13.8 Å². The Morgan fingerprint density at radius 3 is 1.68 bits per heavy atom. The lowest BCUT2D eigenvalue weighted by atomic mass is 9.80. The monoisotopic (exact) mass is 490 g/mol. The first-order valence-corrected chi connectivity index (χ1v) is 11.1. The molecule has 0 aliphatic carbocycles. The van der Waals surface area contributed by atoms with Crippen LogP contribution in [0.25, 0.3) is 0 Å². The zero-order valence-corrected chi connectivity index (χ0v) is 20.4. The second-order valence-electron chi connectivity index (χ2n) is 7.62. The van der Waals surface area contributed by atoms with Gasteiger partial charge < -0.3 is 33.2 Å². The second kappa shape index (κ2) is 14.5. The molecule has 1 rings (SSSR count). The van der Waals surface area contributed by atoms with Crippen LogP contribution in [0.2, 0.25) is 0 Å². The van der Waals surface area contributed by atoms with Crippen LogP contribution in [0.4, 0.5) is 0 Å². The molecule has 0 aromatic heterocycles. The summed E-state index contributed by atoms with van der Waals surface area (Å²) < 4.78 is 37.4. The average molecular weight is 491 g/mol. The molecule has 0 radical (unpaired) electrons. The van der Waals surface area contributed by atoms with Gasteiger partial charge in [-0.05, 0) is 12.8 Å². The topological polar surface area (TPSA) is 150 Å². The minimum Gasteiger partial charge on any atom is -0.465 e. The van der Waals surface area contributed by atoms with Gasteiger partial charge in [0, 0.05) is 27.9 Å². The Balaban J connectivity index is 3.54. The highest BCUT2D eigenvalue weighted by Crippen LogP contribution is 2.37. The summed E-state index contributed by atoms with van der Waals surface area (Å²) in [6.07, 6.45) is -4.19. The van der Waals surface area contributed by atoms with Crippen molar-refractivity contribution in [3.05, 3.63) is 0 Å². The summed E-state index contributed by atoms with van der Waals surface area (Å²) in [5.74, 6) is -6.97. The van der Waals surface area contributed by atoms with Crippen LogP contribution in [0.3, 0.4) is 0 Å². The maximum atomic E-state index is 13.0. The van der Waals surface area contributed by atoms with E-state index in [1.807, 2.05) is 0 Å². The van der Waals surface area contributed by atoms with Crippen LogP contribution in [0.15, 0.2) is 0 Å². The third-order valence-corrected chi connectivity index (χ3v) is 4.77. The van der Waals surface area contributed by atoms with Crippen LogP contribution in [0.1, 0.15) is 47.5 Å². The smallest absolute Gasteiger partial charge is 0.320 e. The highest BCUT2D eigenvalue weighted by atomic mass is 16.7. The summed E-state index contributed by atoms with van der Waals surface area (Å²) in [6.45, 7) is 6.64. The molecule has 0 amide bonds. The lowest BCUT2D eigenvalue weighted by Gasteiger charge is -2.45. The number of carbonyl (C=O) groups is 5. The van der Waals surface area contributed by atoms with Crippen molar-refractivity contribution in [2.75, 3.05) is 26.9 Å². The minimum atomic E-state index is -1.62. The van der Waals surface area contributed by atoms with E-state index in [9.17, 15) is 24.0 Å². The molecule has 12 heteroatoms. The number of ether oxygens (including phenoxy) is 7. The molecule has 0 spiro atoms. The van der Waals surface area contributed by atoms with E-state index in [2.05, 4.69) is 0 Å². The fraction of sp³-hybridized carbons (Fsp3) is 0.773. The summed E-state index contributed by atoms with van der Waals surface area (Å²) >= 11 is 0. The zero-order valence-electron chi connectivity index (χ0n) is 20.4. The molecule has 12 nitrogen and oxygen atoms in total. The van der Waals surface area contributed by atoms with Crippen LogP contribution in [0, 0.1) is 11.8 Å². The Hall–Kier alpha value is -2.73. The maximum absolute atomic E-state index is 13.0. The van der Waals surface area contributed by atoms with Gasteiger partial charge in [-0.15, -0.1) is 0 Å². The summed E-state index contributed by atoms with van der Waals surface area (Å²) in [7, 11) is 1.25. The first kappa shape index (κ1) is 29.3. The van der Waals surface area contributed by atoms with E-state index in [0.717, 1.165) is 13.8 Å². The molecule has 1 heterocycles. The van der Waals surface area contributed by atoms with E-state index in [1.165, 1.54) is 14.0 Å². The van der Waals surface area contributed by atoms with Gasteiger partial charge in [-0.25, -0.2) is 0 Å². The number of hydrogen-bond acceptors (Lipinski definition) is 12. The van der Waals surface area contributed by atoms with Crippen molar-refractivity contribution in [3.8, 4) is 0 Å². The molecule has 0 saturated carbocycles. The third-order valence-electron chi connectivity index (χ3n) is 4.77. The van der Waals surface area contributed by atoms with Gasteiger partial charge in [0.15, 0.2) is 24.4 Å². The van der Waals surface area contributed by atoms with Crippen LogP contribution in [-0.4, -0.2) is 81.4 Å². The molecule has 5 atom stereocenters. The Morgan fingerprint density at radius 2 is 1.26 bits per heavy atom. The third kappa shape index (κ3) is 8.56. The minimum absolute atomic E-state index is 0.0301. The number of rotatable bonds is 12. The van der Waals surface area contributed by atoms with Crippen molar-refractivity contribution in [1.82, 2.24) is 0 Å². The number of esters is 5. The van der Waals surface area contributed by atoms with Gasteiger partial charge in [0.25, 0.3) is 0 Å². The highest BCUT2D eigenvalue weighted by molar-refractivity contribution is 5.95. The molecule has 34 heavy (non-hydrogen) atoms. The number of methoxy groups -OCH3 is 1. The van der Waals surface area contributed by atoms with Crippen LogP contribution in [-0.2, 0) is 57.1 Å². The molecule has 0 N–H and O–H groups in total. The predicted octanol–water partition coefficient (Wildman–Crippen LogP) is 0.923. The molecular weight excluding hydrogens is 456 g/mol. The lowest BCUT2D eigenvalue weighted by molar-refractivity contribution is -0.293. The normalized spacial score (nSPS) is 24.1. The molecule has 0 unspecified atom stereocenters. The SMILES string of the molecule is CCCOC(=O)C(C(=O)OCCC)[C@@H]1[C@@H](OC)O[C@H](COC(C)=O)[C@@H](OC(C)=O)[C@@H]1OC(C)=O. The van der Waals surface area contributed by atoms with E-state index < -0.39 is 66.3 Å². The molecule has 1 aliphatic rings. The van der Waals surface area contributed by atoms with Crippen molar-refractivity contribution >= 4 is 29.8 Å². The van der Waals surface area contributed by atoms with E-state index in [4.69, 9.17) is 33.2 Å². The Labute approximate surface area is 198 Å². The molecule has 194 valence electrons. The van der Waals surface area contributed by atoms with Crippen molar-refractivity contribution in [2.45, 2.75) is 72.1 Å². The van der Waals surface area contributed by atoms with Gasteiger partial charge in [-0.2, -0.15) is 0 Å². The lowest BCUT2D eigenvalue weighted by Crippen LogP contribution is -2.62. The average Bonchev–Trinajstić information content (AvgIpc) is 2.76. The second-order valence-corrected chi connectivity index (χ2v) is 7.62. The van der Waals surface area contributed by atoms with Gasteiger partial charge in [0.2, 0.25) is 0 Å². The number of hydrogen-bond donors (Lipinski definition) is 0. The Kier molecular flexibility index (Phi) is 12.5.